The van der Waals surface area contributed by atoms with Crippen molar-refractivity contribution in [3.8, 4) is 11.5 Å². The van der Waals surface area contributed by atoms with E-state index in [-0.39, 0.29) is 12.5 Å². The normalized spacial score (nSPS) is 11.0. The largest absolute Gasteiger partial charge is 0.489 e. The Balaban J connectivity index is 1.45. The van der Waals surface area contributed by atoms with Crippen LogP contribution in [0.1, 0.15) is 42.0 Å². The summed E-state index contributed by atoms with van der Waals surface area (Å²) in [4.78, 5) is 12.0. The molecule has 0 saturated heterocycles. The first-order valence-electron chi connectivity index (χ1n) is 10.3. The molecule has 5 heteroatoms. The fourth-order valence-electron chi connectivity index (χ4n) is 2.88. The third kappa shape index (κ3) is 7.00. The van der Waals surface area contributed by atoms with Gasteiger partial charge in [-0.2, -0.15) is 5.10 Å². The van der Waals surface area contributed by atoms with Crippen LogP contribution in [-0.4, -0.2) is 18.7 Å². The molecule has 0 radical (unpaired) electrons. The molecule has 0 aliphatic heterocycles. The van der Waals surface area contributed by atoms with E-state index in [9.17, 15) is 4.79 Å². The Kier molecular flexibility index (Phi) is 7.82. The van der Waals surface area contributed by atoms with Gasteiger partial charge in [0.15, 0.2) is 6.61 Å². The zero-order chi connectivity index (χ0) is 22.1. The maximum Gasteiger partial charge on any atom is 0.277 e. The first-order chi connectivity index (χ1) is 15.0. The molecule has 0 fully saturated rings. The summed E-state index contributed by atoms with van der Waals surface area (Å²) in [6, 6.07) is 23.6. The van der Waals surface area contributed by atoms with Crippen LogP contribution in [0.4, 0.5) is 0 Å². The molecule has 1 N–H and O–H groups in total. The van der Waals surface area contributed by atoms with Crippen molar-refractivity contribution in [1.82, 2.24) is 5.43 Å². The topological polar surface area (TPSA) is 59.9 Å². The molecule has 3 aromatic carbocycles. The van der Waals surface area contributed by atoms with E-state index in [0.29, 0.717) is 12.5 Å². The van der Waals surface area contributed by atoms with Gasteiger partial charge in [-0.15, -0.1) is 0 Å². The lowest BCUT2D eigenvalue weighted by Gasteiger charge is -2.12. The Labute approximate surface area is 183 Å². The minimum Gasteiger partial charge on any atom is -0.489 e. The number of rotatable bonds is 9. The van der Waals surface area contributed by atoms with Gasteiger partial charge in [-0.1, -0.05) is 56.3 Å². The highest BCUT2D eigenvalue weighted by molar-refractivity contribution is 5.83. The van der Waals surface area contributed by atoms with Gasteiger partial charge < -0.3 is 9.47 Å². The average Bonchev–Trinajstić information content (AvgIpc) is 2.78. The van der Waals surface area contributed by atoms with Crippen LogP contribution in [0.15, 0.2) is 77.9 Å². The second kappa shape index (κ2) is 11.0. The van der Waals surface area contributed by atoms with Crippen molar-refractivity contribution in [2.45, 2.75) is 33.3 Å². The zero-order valence-corrected chi connectivity index (χ0v) is 18.2. The van der Waals surface area contributed by atoms with Gasteiger partial charge in [0, 0.05) is 0 Å². The van der Waals surface area contributed by atoms with Gasteiger partial charge in [-0.25, -0.2) is 5.43 Å². The number of aryl methyl sites for hydroxylation is 1. The number of carbonyl (C=O) groups excluding carboxylic acids is 1. The van der Waals surface area contributed by atoms with Gasteiger partial charge in [-0.3, -0.25) is 4.79 Å². The van der Waals surface area contributed by atoms with E-state index >= 15 is 0 Å². The molecular formula is C26H28N2O3. The lowest BCUT2D eigenvalue weighted by Crippen LogP contribution is -2.24. The molecule has 0 aliphatic carbocycles. The highest BCUT2D eigenvalue weighted by Gasteiger charge is 2.07. The second-order valence-corrected chi connectivity index (χ2v) is 7.60. The molecule has 1 amide bonds. The van der Waals surface area contributed by atoms with Crippen LogP contribution in [0.3, 0.4) is 0 Å². The van der Waals surface area contributed by atoms with E-state index in [1.54, 1.807) is 6.21 Å². The monoisotopic (exact) mass is 416 g/mol. The van der Waals surface area contributed by atoms with Crippen LogP contribution in [0.25, 0.3) is 0 Å². The first kappa shape index (κ1) is 22.1. The molecule has 3 aromatic rings. The molecule has 0 unspecified atom stereocenters. The Morgan fingerprint density at radius 3 is 2.45 bits per heavy atom. The zero-order valence-electron chi connectivity index (χ0n) is 18.2. The number of hydrogen-bond donors (Lipinski definition) is 1. The van der Waals surface area contributed by atoms with Crippen molar-refractivity contribution in [3.63, 3.8) is 0 Å². The van der Waals surface area contributed by atoms with E-state index in [0.717, 1.165) is 28.2 Å². The summed E-state index contributed by atoms with van der Waals surface area (Å²) >= 11 is 0. The number of hydrazone groups is 1. The quantitative estimate of drug-likeness (QED) is 0.384. The molecule has 160 valence electrons. The van der Waals surface area contributed by atoms with Crippen LogP contribution >= 0.6 is 0 Å². The highest BCUT2D eigenvalue weighted by atomic mass is 16.5. The molecule has 5 nitrogen and oxygen atoms in total. The Morgan fingerprint density at radius 1 is 1.00 bits per heavy atom. The van der Waals surface area contributed by atoms with Crippen LogP contribution in [0.2, 0.25) is 0 Å². The molecule has 0 aromatic heterocycles. The number of hydrogen-bond acceptors (Lipinski definition) is 4. The number of amides is 1. The van der Waals surface area contributed by atoms with Crippen molar-refractivity contribution in [3.05, 3.63) is 95.1 Å². The van der Waals surface area contributed by atoms with E-state index < -0.39 is 0 Å². The maximum atomic E-state index is 12.0. The Bertz CT molecular complexity index is 1010. The molecule has 0 atom stereocenters. The van der Waals surface area contributed by atoms with Gasteiger partial charge in [-0.05, 0) is 65.4 Å². The number of carbonyl (C=O) groups is 1. The lowest BCUT2D eigenvalue weighted by atomic mass is 10.0. The van der Waals surface area contributed by atoms with E-state index in [1.807, 2.05) is 73.7 Å². The number of nitrogens with zero attached hydrogens (tertiary/aromatic N) is 1. The summed E-state index contributed by atoms with van der Waals surface area (Å²) < 4.78 is 11.4. The Hall–Kier alpha value is -3.60. The average molecular weight is 417 g/mol. The summed E-state index contributed by atoms with van der Waals surface area (Å²) in [6.45, 7) is 6.63. The predicted molar refractivity (Wildman–Crippen MR) is 124 cm³/mol. The summed E-state index contributed by atoms with van der Waals surface area (Å²) in [6.07, 6.45) is 1.59. The molecule has 0 bridgehead atoms. The van der Waals surface area contributed by atoms with Gasteiger partial charge in [0.05, 0.1) is 6.21 Å². The highest BCUT2D eigenvalue weighted by Crippen LogP contribution is 2.24. The summed E-state index contributed by atoms with van der Waals surface area (Å²) in [7, 11) is 0. The molecule has 0 saturated carbocycles. The van der Waals surface area contributed by atoms with Gasteiger partial charge in [0.25, 0.3) is 5.91 Å². The smallest absolute Gasteiger partial charge is 0.277 e. The minimum absolute atomic E-state index is 0.0913. The van der Waals surface area contributed by atoms with Crippen LogP contribution < -0.4 is 14.9 Å². The van der Waals surface area contributed by atoms with Crippen molar-refractivity contribution in [1.29, 1.82) is 0 Å². The summed E-state index contributed by atoms with van der Waals surface area (Å²) in [5, 5.41) is 4.00. The molecule has 0 aliphatic rings. The van der Waals surface area contributed by atoms with Crippen molar-refractivity contribution in [2.24, 2.45) is 5.10 Å². The molecule has 3 rings (SSSR count). The maximum absolute atomic E-state index is 12.0. The molecule has 0 spiro atoms. The van der Waals surface area contributed by atoms with Crippen molar-refractivity contribution < 1.29 is 14.3 Å². The molecule has 31 heavy (non-hydrogen) atoms. The fraction of sp³-hybridized carbons (Fsp3) is 0.231. The fourth-order valence-corrected chi connectivity index (χ4v) is 2.88. The van der Waals surface area contributed by atoms with Crippen LogP contribution in [0.5, 0.6) is 11.5 Å². The Morgan fingerprint density at radius 2 is 1.74 bits per heavy atom. The minimum atomic E-state index is -0.312. The van der Waals surface area contributed by atoms with E-state index in [4.69, 9.17) is 9.47 Å². The third-order valence-corrected chi connectivity index (χ3v) is 4.77. The third-order valence-electron chi connectivity index (χ3n) is 4.77. The first-order valence-corrected chi connectivity index (χ1v) is 10.3. The van der Waals surface area contributed by atoms with Gasteiger partial charge in [0.1, 0.15) is 18.1 Å². The standard InChI is InChI=1S/C26H28N2O3/c1-19(2)23-12-9-20(3)25(15-23)31-18-26(29)28-27-16-21-10-13-24(14-11-21)30-17-22-7-5-4-6-8-22/h4-16,19H,17-18H2,1-3H3,(H,28,29). The predicted octanol–water partition coefficient (Wildman–Crippen LogP) is 5.23. The SMILES string of the molecule is Cc1ccc(C(C)C)cc1OCC(=O)NN=Cc1ccc(OCc2ccccc2)cc1. The lowest BCUT2D eigenvalue weighted by molar-refractivity contribution is -0.123. The number of ether oxygens (including phenoxy) is 2. The van der Waals surface area contributed by atoms with Crippen molar-refractivity contribution in [2.75, 3.05) is 6.61 Å². The molecule has 0 heterocycles. The number of nitrogens with one attached hydrogen (secondary N) is 1. The van der Waals surface area contributed by atoms with Gasteiger partial charge in [0.2, 0.25) is 0 Å². The number of benzene rings is 3. The molecular weight excluding hydrogens is 388 g/mol. The van der Waals surface area contributed by atoms with Crippen LogP contribution in [0, 0.1) is 6.92 Å². The summed E-state index contributed by atoms with van der Waals surface area (Å²) in [5.41, 5.74) is 6.64. The van der Waals surface area contributed by atoms with E-state index in [1.165, 1.54) is 5.56 Å². The van der Waals surface area contributed by atoms with E-state index in [2.05, 4.69) is 30.4 Å². The summed E-state index contributed by atoms with van der Waals surface area (Å²) in [5.74, 6) is 1.58. The van der Waals surface area contributed by atoms with Crippen LogP contribution in [-0.2, 0) is 11.4 Å². The second-order valence-electron chi connectivity index (χ2n) is 7.60. The van der Waals surface area contributed by atoms with Crippen molar-refractivity contribution >= 4 is 12.1 Å². The van der Waals surface area contributed by atoms with Gasteiger partial charge >= 0.3 is 0 Å².